The molecule has 7 nitrogen and oxygen atoms in total. The Kier molecular flexibility index (Phi) is 3.81. The van der Waals surface area contributed by atoms with Crippen LogP contribution in [0.1, 0.15) is 33.6 Å². The molecule has 3 aliphatic rings. The molecule has 2 saturated carbocycles. The molecule has 3 rings (SSSR count). The Hall–Kier alpha value is -0.840. The predicted molar refractivity (Wildman–Crippen MR) is 77.5 cm³/mol. The highest BCUT2D eigenvalue weighted by Gasteiger charge is 2.67. The normalized spacial score (nSPS) is 39.5. The van der Waals surface area contributed by atoms with E-state index in [1.54, 1.807) is 4.90 Å². The van der Waals surface area contributed by atoms with Crippen LogP contribution in [-0.2, 0) is 19.6 Å². The maximum Gasteiger partial charge on any atom is 0.465 e. The minimum atomic E-state index is -5.89. The van der Waals surface area contributed by atoms with Gasteiger partial charge in [-0.2, -0.15) is 17.2 Å². The van der Waals surface area contributed by atoms with E-state index >= 15 is 0 Å². The Balaban J connectivity index is 1.87. The van der Waals surface area contributed by atoms with E-state index in [4.69, 9.17) is 9.29 Å². The fourth-order valence-corrected chi connectivity index (χ4v) is 4.98. The van der Waals surface area contributed by atoms with Crippen molar-refractivity contribution < 1.29 is 36.4 Å². The molecule has 0 aromatic carbocycles. The summed E-state index contributed by atoms with van der Waals surface area (Å²) in [5.41, 5.74) is -0.480. The largest absolute Gasteiger partial charge is 0.465 e. The van der Waals surface area contributed by atoms with Crippen LogP contribution in [0.15, 0.2) is 0 Å². The minimum Gasteiger partial charge on any atom is -0.455 e. The van der Waals surface area contributed by atoms with Crippen LogP contribution in [0, 0.1) is 17.8 Å². The number of hydrogen-bond donors (Lipinski definition) is 2. The number of halogens is 2. The first-order valence-corrected chi connectivity index (χ1v) is 9.23. The quantitative estimate of drug-likeness (QED) is 0.561. The Labute approximate surface area is 138 Å². The van der Waals surface area contributed by atoms with Gasteiger partial charge in [0.15, 0.2) is 0 Å². The zero-order valence-electron chi connectivity index (χ0n) is 13.5. The van der Waals surface area contributed by atoms with Crippen molar-refractivity contribution in [3.05, 3.63) is 0 Å². The molecule has 10 heteroatoms. The lowest BCUT2D eigenvalue weighted by molar-refractivity contribution is -0.174. The SMILES string of the molecule is CC(C)(C)N1C(O)C2CC3CC2C1C3OC(=O)C(F)(F)S(=O)(=O)O. The number of aliphatic hydroxyl groups excluding tert-OH is 1. The van der Waals surface area contributed by atoms with E-state index in [0.717, 1.165) is 0 Å². The summed E-state index contributed by atoms with van der Waals surface area (Å²) in [7, 11) is -5.89. The van der Waals surface area contributed by atoms with Crippen LogP contribution >= 0.6 is 0 Å². The van der Waals surface area contributed by atoms with E-state index in [0.29, 0.717) is 12.8 Å². The lowest BCUT2D eigenvalue weighted by Gasteiger charge is -2.41. The van der Waals surface area contributed by atoms with Gasteiger partial charge in [0.2, 0.25) is 0 Å². The maximum atomic E-state index is 13.5. The summed E-state index contributed by atoms with van der Waals surface area (Å²) in [6.07, 6.45) is -0.517. The van der Waals surface area contributed by atoms with E-state index in [1.165, 1.54) is 0 Å². The number of esters is 1. The fraction of sp³-hybridized carbons (Fsp3) is 0.929. The van der Waals surface area contributed by atoms with E-state index in [2.05, 4.69) is 0 Å². The lowest BCUT2D eigenvalue weighted by atomic mass is 9.87. The third kappa shape index (κ3) is 2.38. The molecule has 0 amide bonds. The van der Waals surface area contributed by atoms with Crippen molar-refractivity contribution in [1.82, 2.24) is 4.90 Å². The van der Waals surface area contributed by atoms with Gasteiger partial charge in [0, 0.05) is 11.5 Å². The van der Waals surface area contributed by atoms with Crippen molar-refractivity contribution >= 4 is 16.1 Å². The fourth-order valence-electron chi connectivity index (χ4n) is 4.73. The van der Waals surface area contributed by atoms with Gasteiger partial charge in [-0.1, -0.05) is 0 Å². The number of hydrogen-bond acceptors (Lipinski definition) is 6. The molecule has 1 heterocycles. The molecule has 2 aliphatic carbocycles. The van der Waals surface area contributed by atoms with Gasteiger partial charge >= 0.3 is 21.3 Å². The number of fused-ring (bicyclic) bond motifs is 1. The van der Waals surface area contributed by atoms with Crippen molar-refractivity contribution in [2.75, 3.05) is 0 Å². The molecule has 0 radical (unpaired) electrons. The molecule has 2 bridgehead atoms. The first-order valence-electron chi connectivity index (χ1n) is 7.79. The molecule has 1 aliphatic heterocycles. The van der Waals surface area contributed by atoms with Gasteiger partial charge in [-0.3, -0.25) is 9.45 Å². The second-order valence-electron chi connectivity index (χ2n) is 7.90. The van der Waals surface area contributed by atoms with Crippen molar-refractivity contribution in [2.24, 2.45) is 17.8 Å². The van der Waals surface area contributed by atoms with Crippen molar-refractivity contribution in [1.29, 1.82) is 0 Å². The molecule has 6 atom stereocenters. The first kappa shape index (κ1) is 18.0. The molecule has 138 valence electrons. The molecule has 6 unspecified atom stereocenters. The summed E-state index contributed by atoms with van der Waals surface area (Å²) in [5.74, 6) is -2.46. The van der Waals surface area contributed by atoms with Gasteiger partial charge in [-0.05, 0) is 45.4 Å². The average Bonchev–Trinajstić information content (AvgIpc) is 2.99. The summed E-state index contributed by atoms with van der Waals surface area (Å²) in [6.45, 7) is 5.58. The standard InChI is InChI=1S/C14H21F2NO6S/c1-13(2,3)17-9-7-4-6(5-8(7)11(17)18)10(9)23-12(19)14(15,16)24(20,21)22/h6-11,18H,4-5H2,1-3H3,(H,20,21,22). The Morgan fingerprint density at radius 3 is 2.25 bits per heavy atom. The van der Waals surface area contributed by atoms with Gasteiger partial charge in [-0.15, -0.1) is 0 Å². The Morgan fingerprint density at radius 1 is 1.21 bits per heavy atom. The summed E-state index contributed by atoms with van der Waals surface area (Å²) in [4.78, 5) is 13.4. The molecular weight excluding hydrogens is 348 g/mol. The van der Waals surface area contributed by atoms with Gasteiger partial charge < -0.3 is 9.84 Å². The number of alkyl halides is 2. The number of carbonyl (C=O) groups excluding carboxylic acids is 1. The third-order valence-electron chi connectivity index (χ3n) is 5.51. The van der Waals surface area contributed by atoms with Gasteiger partial charge in [0.05, 0.1) is 6.04 Å². The van der Waals surface area contributed by atoms with Crippen LogP contribution < -0.4 is 0 Å². The molecule has 0 aromatic heterocycles. The van der Waals surface area contributed by atoms with Crippen molar-refractivity contribution in [3.63, 3.8) is 0 Å². The third-order valence-corrected chi connectivity index (χ3v) is 6.32. The molecular formula is C14H21F2NO6S. The van der Waals surface area contributed by atoms with Crippen LogP contribution in [0.3, 0.4) is 0 Å². The van der Waals surface area contributed by atoms with E-state index in [9.17, 15) is 27.1 Å². The van der Waals surface area contributed by atoms with Crippen molar-refractivity contribution in [3.8, 4) is 0 Å². The lowest BCUT2D eigenvalue weighted by Crippen LogP contribution is -2.54. The smallest absolute Gasteiger partial charge is 0.455 e. The summed E-state index contributed by atoms with van der Waals surface area (Å²) >= 11 is 0. The van der Waals surface area contributed by atoms with E-state index in [-0.39, 0.29) is 17.8 Å². The second kappa shape index (κ2) is 5.09. The summed E-state index contributed by atoms with van der Waals surface area (Å²) < 4.78 is 61.8. The number of likely N-dealkylation sites (tertiary alicyclic amines) is 1. The van der Waals surface area contributed by atoms with E-state index < -0.39 is 45.3 Å². The molecule has 1 saturated heterocycles. The van der Waals surface area contributed by atoms with Crippen LogP contribution in [-0.4, -0.2) is 58.1 Å². The van der Waals surface area contributed by atoms with Gasteiger partial charge in [0.25, 0.3) is 0 Å². The number of ether oxygens (including phenoxy) is 1. The summed E-state index contributed by atoms with van der Waals surface area (Å²) in [6, 6.07) is -0.440. The molecule has 2 N–H and O–H groups in total. The van der Waals surface area contributed by atoms with Crippen LogP contribution in [0.2, 0.25) is 0 Å². The van der Waals surface area contributed by atoms with Crippen LogP contribution in [0.5, 0.6) is 0 Å². The topological polar surface area (TPSA) is 104 Å². The number of carbonyl (C=O) groups is 1. The highest BCUT2D eigenvalue weighted by molar-refractivity contribution is 7.87. The van der Waals surface area contributed by atoms with Crippen LogP contribution in [0.4, 0.5) is 8.78 Å². The second-order valence-corrected chi connectivity index (χ2v) is 9.37. The summed E-state index contributed by atoms with van der Waals surface area (Å²) in [5, 5.41) is 5.53. The van der Waals surface area contributed by atoms with Crippen LogP contribution in [0.25, 0.3) is 0 Å². The first-order chi connectivity index (χ1) is 10.8. The monoisotopic (exact) mass is 369 g/mol. The Morgan fingerprint density at radius 2 is 1.75 bits per heavy atom. The number of rotatable bonds is 3. The maximum absolute atomic E-state index is 13.5. The van der Waals surface area contributed by atoms with Gasteiger partial charge in [0.1, 0.15) is 12.3 Å². The van der Waals surface area contributed by atoms with Crippen molar-refractivity contribution in [2.45, 2.75) is 62.8 Å². The predicted octanol–water partition coefficient (Wildman–Crippen LogP) is 0.836. The minimum absolute atomic E-state index is 0.00346. The average molecular weight is 369 g/mol. The highest BCUT2D eigenvalue weighted by Crippen LogP contribution is 2.59. The molecule has 24 heavy (non-hydrogen) atoms. The number of nitrogens with zero attached hydrogens (tertiary/aromatic N) is 1. The molecule has 3 fully saturated rings. The number of aliphatic hydroxyl groups is 1. The highest BCUT2D eigenvalue weighted by atomic mass is 32.2. The zero-order valence-corrected chi connectivity index (χ0v) is 14.3. The van der Waals surface area contributed by atoms with Gasteiger partial charge in [-0.25, -0.2) is 4.79 Å². The zero-order chi connectivity index (χ0) is 18.2. The molecule has 0 aromatic rings. The molecule has 0 spiro atoms. The Bertz CT molecular complexity index is 661. The van der Waals surface area contributed by atoms with E-state index in [1.807, 2.05) is 20.8 Å².